The molecular formula is C15H10ClN3O4S. The fraction of sp³-hybridized carbons (Fsp3) is 0.0667. The molecule has 0 aliphatic carbocycles. The van der Waals surface area contributed by atoms with Crippen molar-refractivity contribution in [2.75, 3.05) is 5.32 Å². The van der Waals surface area contributed by atoms with Gasteiger partial charge in [0.2, 0.25) is 0 Å². The lowest BCUT2D eigenvalue weighted by molar-refractivity contribution is -0.402. The molecule has 9 heteroatoms. The van der Waals surface area contributed by atoms with Gasteiger partial charge in [0.1, 0.15) is 4.92 Å². The van der Waals surface area contributed by atoms with Gasteiger partial charge in [-0.15, -0.1) is 11.3 Å². The lowest BCUT2D eigenvalue weighted by Gasteiger charge is -1.99. The summed E-state index contributed by atoms with van der Waals surface area (Å²) in [5.41, 5.74) is 1.61. The van der Waals surface area contributed by atoms with Crippen LogP contribution in [0.1, 0.15) is 15.4 Å². The Hall–Kier alpha value is -2.71. The van der Waals surface area contributed by atoms with E-state index in [9.17, 15) is 14.9 Å². The molecule has 2 aromatic heterocycles. The predicted molar refractivity (Wildman–Crippen MR) is 90.6 cm³/mol. The molecule has 0 saturated heterocycles. The summed E-state index contributed by atoms with van der Waals surface area (Å²) in [7, 11) is 0. The number of thiazole rings is 1. The van der Waals surface area contributed by atoms with Crippen molar-refractivity contribution in [2.24, 2.45) is 0 Å². The van der Waals surface area contributed by atoms with Gasteiger partial charge in [-0.2, -0.15) is 0 Å². The van der Waals surface area contributed by atoms with E-state index in [0.29, 0.717) is 10.2 Å². The van der Waals surface area contributed by atoms with Crippen molar-refractivity contribution in [1.29, 1.82) is 0 Å². The zero-order valence-corrected chi connectivity index (χ0v) is 13.9. The molecule has 0 unspecified atom stereocenters. The van der Waals surface area contributed by atoms with Crippen LogP contribution in [0.2, 0.25) is 5.02 Å². The first-order chi connectivity index (χ1) is 11.4. The van der Waals surface area contributed by atoms with E-state index in [1.807, 2.05) is 19.1 Å². The van der Waals surface area contributed by atoms with Gasteiger partial charge in [0.05, 0.1) is 11.8 Å². The highest BCUT2D eigenvalue weighted by molar-refractivity contribution is 7.16. The molecule has 7 nitrogen and oxygen atoms in total. The second-order valence-electron chi connectivity index (χ2n) is 4.78. The third kappa shape index (κ3) is 3.29. The van der Waals surface area contributed by atoms with Crippen molar-refractivity contribution in [1.82, 2.24) is 4.98 Å². The van der Waals surface area contributed by atoms with Crippen molar-refractivity contribution in [3.8, 4) is 11.3 Å². The van der Waals surface area contributed by atoms with Crippen molar-refractivity contribution in [3.05, 3.63) is 62.2 Å². The van der Waals surface area contributed by atoms with Crippen LogP contribution in [-0.2, 0) is 0 Å². The number of benzene rings is 1. The number of carbonyl (C=O) groups is 1. The Labute approximate surface area is 145 Å². The number of anilines is 1. The van der Waals surface area contributed by atoms with Crippen LogP contribution in [0.15, 0.2) is 40.8 Å². The third-order valence-electron chi connectivity index (χ3n) is 3.13. The summed E-state index contributed by atoms with van der Waals surface area (Å²) in [6.07, 6.45) is 0. The summed E-state index contributed by atoms with van der Waals surface area (Å²) in [6, 6.07) is 9.57. The van der Waals surface area contributed by atoms with E-state index >= 15 is 0 Å². The molecule has 1 aromatic carbocycles. The topological polar surface area (TPSA) is 98.3 Å². The molecule has 0 spiro atoms. The SMILES string of the molecule is Cc1sc(NC(=O)c2ccc([N+](=O)[O-])o2)nc1-c1ccc(Cl)cc1. The molecule has 2 heterocycles. The number of nitrogens with one attached hydrogen (secondary N) is 1. The molecule has 0 atom stereocenters. The second kappa shape index (κ2) is 6.42. The van der Waals surface area contributed by atoms with E-state index in [1.165, 1.54) is 17.4 Å². The smallest absolute Gasteiger partial charge is 0.395 e. The zero-order chi connectivity index (χ0) is 17.3. The Morgan fingerprint density at radius 2 is 2.00 bits per heavy atom. The first-order valence-corrected chi connectivity index (χ1v) is 7.92. The standard InChI is InChI=1S/C15H10ClN3O4S/c1-8-13(9-2-4-10(16)5-3-9)17-15(24-8)18-14(20)11-6-7-12(23-11)19(21)22/h2-7H,1H3,(H,17,18,20). The fourth-order valence-corrected chi connectivity index (χ4v) is 2.99. The number of aryl methyl sites for hydroxylation is 1. The highest BCUT2D eigenvalue weighted by Gasteiger charge is 2.19. The van der Waals surface area contributed by atoms with Gasteiger partial charge in [0.15, 0.2) is 10.9 Å². The van der Waals surface area contributed by atoms with Crippen molar-refractivity contribution < 1.29 is 14.1 Å². The van der Waals surface area contributed by atoms with Gasteiger partial charge >= 0.3 is 5.88 Å². The molecule has 0 saturated carbocycles. The maximum Gasteiger partial charge on any atom is 0.433 e. The van der Waals surface area contributed by atoms with Crippen LogP contribution in [0.25, 0.3) is 11.3 Å². The monoisotopic (exact) mass is 363 g/mol. The number of nitrogens with zero attached hydrogens (tertiary/aromatic N) is 2. The van der Waals surface area contributed by atoms with Crippen LogP contribution < -0.4 is 5.32 Å². The number of aromatic nitrogens is 1. The van der Waals surface area contributed by atoms with Crippen molar-refractivity contribution >= 4 is 39.9 Å². The summed E-state index contributed by atoms with van der Waals surface area (Å²) in [5, 5.41) is 14.2. The molecule has 0 bridgehead atoms. The molecule has 3 aromatic rings. The van der Waals surface area contributed by atoms with Gasteiger partial charge in [0.25, 0.3) is 5.91 Å². The molecule has 24 heavy (non-hydrogen) atoms. The average Bonchev–Trinajstić information content (AvgIpc) is 3.15. The summed E-state index contributed by atoms with van der Waals surface area (Å²) >= 11 is 7.17. The lowest BCUT2D eigenvalue weighted by atomic mass is 10.1. The summed E-state index contributed by atoms with van der Waals surface area (Å²) in [4.78, 5) is 27.3. The highest BCUT2D eigenvalue weighted by Crippen LogP contribution is 2.31. The number of amides is 1. The minimum Gasteiger partial charge on any atom is -0.395 e. The number of halogens is 1. The molecule has 1 amide bonds. The molecule has 0 radical (unpaired) electrons. The quantitative estimate of drug-likeness (QED) is 0.542. The van der Waals surface area contributed by atoms with Crippen molar-refractivity contribution in [2.45, 2.75) is 6.92 Å². The maximum absolute atomic E-state index is 12.1. The fourth-order valence-electron chi connectivity index (χ4n) is 2.03. The Balaban J connectivity index is 1.80. The van der Waals surface area contributed by atoms with Gasteiger partial charge in [-0.25, -0.2) is 4.98 Å². The van der Waals surface area contributed by atoms with E-state index in [4.69, 9.17) is 16.0 Å². The van der Waals surface area contributed by atoms with Gasteiger partial charge in [-0.1, -0.05) is 23.7 Å². The van der Waals surface area contributed by atoms with Gasteiger partial charge in [-0.05, 0) is 25.1 Å². The van der Waals surface area contributed by atoms with E-state index in [0.717, 1.165) is 22.2 Å². The summed E-state index contributed by atoms with van der Waals surface area (Å²) < 4.78 is 4.86. The van der Waals surface area contributed by atoms with E-state index < -0.39 is 16.7 Å². The largest absolute Gasteiger partial charge is 0.433 e. The molecule has 1 N–H and O–H groups in total. The molecule has 122 valence electrons. The summed E-state index contributed by atoms with van der Waals surface area (Å²) in [5.74, 6) is -1.24. The molecule has 0 fully saturated rings. The zero-order valence-electron chi connectivity index (χ0n) is 12.3. The average molecular weight is 364 g/mol. The first-order valence-electron chi connectivity index (χ1n) is 6.73. The molecule has 0 aliphatic rings. The minimum absolute atomic E-state index is 0.150. The number of carbonyl (C=O) groups excluding carboxylic acids is 1. The Kier molecular flexibility index (Phi) is 4.32. The third-order valence-corrected chi connectivity index (χ3v) is 4.27. The molecule has 3 rings (SSSR count). The van der Waals surface area contributed by atoms with Crippen LogP contribution in [0.3, 0.4) is 0 Å². The van der Waals surface area contributed by atoms with E-state index in [1.54, 1.807) is 12.1 Å². The molecular weight excluding hydrogens is 354 g/mol. The first kappa shape index (κ1) is 16.2. The Morgan fingerprint density at radius 1 is 1.29 bits per heavy atom. The predicted octanol–water partition coefficient (Wildman–Crippen LogP) is 4.53. The lowest BCUT2D eigenvalue weighted by Crippen LogP contribution is -2.10. The van der Waals surface area contributed by atoms with Crippen LogP contribution >= 0.6 is 22.9 Å². The minimum atomic E-state index is -0.705. The Bertz CT molecular complexity index is 917. The van der Waals surface area contributed by atoms with E-state index in [2.05, 4.69) is 10.3 Å². The van der Waals surface area contributed by atoms with Crippen LogP contribution in [-0.4, -0.2) is 15.8 Å². The van der Waals surface area contributed by atoms with Crippen LogP contribution in [0, 0.1) is 17.0 Å². The number of hydrogen-bond donors (Lipinski definition) is 1. The number of hydrogen-bond acceptors (Lipinski definition) is 6. The van der Waals surface area contributed by atoms with Gasteiger partial charge in [0, 0.05) is 15.5 Å². The normalized spacial score (nSPS) is 10.6. The van der Waals surface area contributed by atoms with Gasteiger partial charge < -0.3 is 4.42 Å². The van der Waals surface area contributed by atoms with E-state index in [-0.39, 0.29) is 5.76 Å². The van der Waals surface area contributed by atoms with Crippen LogP contribution in [0.5, 0.6) is 0 Å². The number of furan rings is 1. The van der Waals surface area contributed by atoms with Crippen LogP contribution in [0.4, 0.5) is 11.0 Å². The maximum atomic E-state index is 12.1. The molecule has 0 aliphatic heterocycles. The van der Waals surface area contributed by atoms with Crippen molar-refractivity contribution in [3.63, 3.8) is 0 Å². The Morgan fingerprint density at radius 3 is 2.62 bits per heavy atom. The number of nitro groups is 1. The van der Waals surface area contributed by atoms with Gasteiger partial charge in [-0.3, -0.25) is 20.2 Å². The number of rotatable bonds is 4. The highest BCUT2D eigenvalue weighted by atomic mass is 35.5. The summed E-state index contributed by atoms with van der Waals surface area (Å²) in [6.45, 7) is 1.88. The second-order valence-corrected chi connectivity index (χ2v) is 6.42.